The van der Waals surface area contributed by atoms with E-state index in [0.717, 1.165) is 61.9 Å². The van der Waals surface area contributed by atoms with E-state index >= 15 is 0 Å². The van der Waals surface area contributed by atoms with Crippen molar-refractivity contribution < 1.29 is 0 Å². The zero-order valence-electron chi connectivity index (χ0n) is 48.5. The summed E-state index contributed by atoms with van der Waals surface area (Å²) in [5.41, 5.74) is 27.5. The van der Waals surface area contributed by atoms with Gasteiger partial charge in [-0.25, -0.2) is 0 Å². The first-order valence-corrected chi connectivity index (χ1v) is 30.5. The van der Waals surface area contributed by atoms with Gasteiger partial charge in [-0.3, -0.25) is 0 Å². The minimum Gasteiger partial charge on any atom is -0.310 e. The molecule has 0 heterocycles. The molecular formula is C86H60N2. The number of benzene rings is 14. The number of para-hydroxylation sites is 2. The number of fused-ring (bicyclic) bond motifs is 6. The summed E-state index contributed by atoms with van der Waals surface area (Å²) in [6.45, 7) is 0. The Hall–Kier alpha value is -11.3. The van der Waals surface area contributed by atoms with Gasteiger partial charge in [0.2, 0.25) is 0 Å². The van der Waals surface area contributed by atoms with Crippen molar-refractivity contribution in [2.45, 2.75) is 10.8 Å². The Morgan fingerprint density at radius 3 is 0.784 bits per heavy atom. The standard InChI is InChI=1S/C86H60N2/c1-8-28-61(29-9-1)64-58-65(62-50-54-73(55-51-62)87(71-38-18-6-19-39-71)81-48-26-46-79-83(81)75-42-22-24-44-77(75)85(79,67-30-10-2-11-31-67)68-32-12-3-13-33-68)60-66(59-64)63-52-56-74(57-53-63)88(72-40-20-7-21-41-72)82-49-27-47-80-84(82)76-43-23-25-45-78(76)86(80,69-34-14-4-15-35-69)70-36-16-5-17-37-70/h1-60H. The molecule has 0 spiro atoms. The average Bonchev–Trinajstić information content (AvgIpc) is 1.55. The molecule has 0 saturated carbocycles. The van der Waals surface area contributed by atoms with E-state index in [1.165, 1.54) is 72.3 Å². The first kappa shape index (κ1) is 52.3. The van der Waals surface area contributed by atoms with Crippen LogP contribution in [0.1, 0.15) is 44.5 Å². The predicted molar refractivity (Wildman–Crippen MR) is 367 cm³/mol. The molecule has 14 aromatic carbocycles. The smallest absolute Gasteiger partial charge is 0.0714 e. The van der Waals surface area contributed by atoms with Gasteiger partial charge >= 0.3 is 0 Å². The van der Waals surface area contributed by atoms with Gasteiger partial charge in [-0.05, 0) is 168 Å². The number of rotatable bonds is 13. The number of nitrogens with zero attached hydrogens (tertiary/aromatic N) is 2. The van der Waals surface area contributed by atoms with Crippen LogP contribution in [0, 0.1) is 0 Å². The van der Waals surface area contributed by atoms with E-state index in [1.807, 2.05) is 0 Å². The molecule has 0 atom stereocenters. The van der Waals surface area contributed by atoms with E-state index in [9.17, 15) is 0 Å². The molecule has 0 amide bonds. The number of hydrogen-bond donors (Lipinski definition) is 0. The lowest BCUT2D eigenvalue weighted by Gasteiger charge is -2.34. The molecule has 2 aliphatic carbocycles. The average molecular weight is 1120 g/mol. The highest BCUT2D eigenvalue weighted by molar-refractivity contribution is 5.99. The van der Waals surface area contributed by atoms with E-state index in [1.54, 1.807) is 0 Å². The summed E-state index contributed by atoms with van der Waals surface area (Å²) in [5, 5.41) is 0. The Labute approximate surface area is 515 Å². The van der Waals surface area contributed by atoms with Crippen LogP contribution in [0.25, 0.3) is 55.6 Å². The van der Waals surface area contributed by atoms with E-state index in [4.69, 9.17) is 0 Å². The fourth-order valence-corrected chi connectivity index (χ4v) is 14.7. The Morgan fingerprint density at radius 1 is 0.182 bits per heavy atom. The third-order valence-electron chi connectivity index (χ3n) is 18.4. The van der Waals surface area contributed by atoms with E-state index < -0.39 is 10.8 Å². The van der Waals surface area contributed by atoms with Gasteiger partial charge in [0.05, 0.1) is 22.2 Å². The van der Waals surface area contributed by atoms with Crippen LogP contribution >= 0.6 is 0 Å². The number of hydrogen-bond acceptors (Lipinski definition) is 2. The first-order valence-electron chi connectivity index (χ1n) is 30.5. The molecule has 0 unspecified atom stereocenters. The molecule has 0 aromatic heterocycles. The summed E-state index contributed by atoms with van der Waals surface area (Å²) in [5.74, 6) is 0. The first-order chi connectivity index (χ1) is 43.7. The summed E-state index contributed by atoms with van der Waals surface area (Å²) < 4.78 is 0. The molecule has 2 heteroatoms. The van der Waals surface area contributed by atoms with Gasteiger partial charge in [0.15, 0.2) is 0 Å². The summed E-state index contributed by atoms with van der Waals surface area (Å²) in [4.78, 5) is 4.89. The van der Waals surface area contributed by atoms with Gasteiger partial charge in [-0.2, -0.15) is 0 Å². The molecule has 0 fully saturated rings. The minimum atomic E-state index is -0.520. The molecule has 414 valence electrons. The quantitative estimate of drug-likeness (QED) is 0.114. The Bertz CT molecular complexity index is 4430. The number of anilines is 6. The van der Waals surface area contributed by atoms with Gasteiger partial charge in [-0.1, -0.05) is 285 Å². The summed E-state index contributed by atoms with van der Waals surface area (Å²) in [6.07, 6.45) is 0. The van der Waals surface area contributed by atoms with E-state index in [0.29, 0.717) is 0 Å². The molecule has 0 N–H and O–H groups in total. The highest BCUT2D eigenvalue weighted by Gasteiger charge is 2.49. The molecule has 0 saturated heterocycles. The second-order valence-corrected chi connectivity index (χ2v) is 23.1. The Balaban J connectivity index is 0.806. The summed E-state index contributed by atoms with van der Waals surface area (Å²) in [6, 6.07) is 134. The van der Waals surface area contributed by atoms with Crippen LogP contribution in [0.5, 0.6) is 0 Å². The lowest BCUT2D eigenvalue weighted by Crippen LogP contribution is -2.28. The third kappa shape index (κ3) is 8.48. The van der Waals surface area contributed by atoms with E-state index in [2.05, 4.69) is 374 Å². The normalized spacial score (nSPS) is 13.0. The summed E-state index contributed by atoms with van der Waals surface area (Å²) in [7, 11) is 0. The fourth-order valence-electron chi connectivity index (χ4n) is 14.7. The van der Waals surface area contributed by atoms with Crippen molar-refractivity contribution in [3.63, 3.8) is 0 Å². The topological polar surface area (TPSA) is 6.48 Å². The molecule has 0 aliphatic heterocycles. The van der Waals surface area contributed by atoms with Gasteiger partial charge in [0, 0.05) is 33.9 Å². The second kappa shape index (κ2) is 21.9. The zero-order chi connectivity index (χ0) is 58.4. The largest absolute Gasteiger partial charge is 0.310 e. The van der Waals surface area contributed by atoms with Crippen LogP contribution in [0.15, 0.2) is 364 Å². The van der Waals surface area contributed by atoms with Crippen molar-refractivity contribution >= 4 is 34.1 Å². The van der Waals surface area contributed by atoms with Crippen LogP contribution < -0.4 is 9.80 Å². The van der Waals surface area contributed by atoms with Crippen molar-refractivity contribution in [3.05, 3.63) is 408 Å². The Kier molecular flexibility index (Phi) is 13.0. The van der Waals surface area contributed by atoms with Gasteiger partial charge in [-0.15, -0.1) is 0 Å². The Morgan fingerprint density at radius 2 is 0.443 bits per heavy atom. The van der Waals surface area contributed by atoms with Gasteiger partial charge in [0.1, 0.15) is 0 Å². The monoisotopic (exact) mass is 1120 g/mol. The van der Waals surface area contributed by atoms with Crippen molar-refractivity contribution in [1.82, 2.24) is 0 Å². The fraction of sp³-hybridized carbons (Fsp3) is 0.0233. The molecule has 16 rings (SSSR count). The summed E-state index contributed by atoms with van der Waals surface area (Å²) >= 11 is 0. The van der Waals surface area contributed by atoms with Crippen LogP contribution in [0.2, 0.25) is 0 Å². The minimum absolute atomic E-state index is 0.520. The second-order valence-electron chi connectivity index (χ2n) is 23.1. The molecule has 2 aliphatic rings. The van der Waals surface area contributed by atoms with Gasteiger partial charge < -0.3 is 9.80 Å². The van der Waals surface area contributed by atoms with Gasteiger partial charge in [0.25, 0.3) is 0 Å². The highest BCUT2D eigenvalue weighted by Crippen LogP contribution is 2.61. The maximum absolute atomic E-state index is 2.45. The third-order valence-corrected chi connectivity index (χ3v) is 18.4. The van der Waals surface area contributed by atoms with Crippen molar-refractivity contribution in [1.29, 1.82) is 0 Å². The molecule has 0 bridgehead atoms. The van der Waals surface area contributed by atoms with Crippen LogP contribution in [0.3, 0.4) is 0 Å². The van der Waals surface area contributed by atoms with Crippen molar-refractivity contribution in [2.75, 3.05) is 9.80 Å². The van der Waals surface area contributed by atoms with Crippen LogP contribution in [-0.4, -0.2) is 0 Å². The maximum Gasteiger partial charge on any atom is 0.0714 e. The molecule has 14 aromatic rings. The lowest BCUT2D eigenvalue weighted by molar-refractivity contribution is 0.768. The SMILES string of the molecule is c1ccc(-c2cc(-c3ccc(N(c4ccccc4)c4cccc5c4-c4ccccc4C5(c4ccccc4)c4ccccc4)cc3)cc(-c3ccc(N(c4ccccc4)c4cccc5c4-c4ccccc4C5(c4ccccc4)c4ccccc4)cc3)c2)cc1. The molecule has 88 heavy (non-hydrogen) atoms. The maximum atomic E-state index is 2.45. The van der Waals surface area contributed by atoms with E-state index in [-0.39, 0.29) is 0 Å². The van der Waals surface area contributed by atoms with Crippen LogP contribution in [0.4, 0.5) is 34.1 Å². The molecule has 0 radical (unpaired) electrons. The van der Waals surface area contributed by atoms with Crippen molar-refractivity contribution in [2.24, 2.45) is 0 Å². The predicted octanol–water partition coefficient (Wildman–Crippen LogP) is 22.4. The lowest BCUT2D eigenvalue weighted by atomic mass is 9.68. The zero-order valence-corrected chi connectivity index (χ0v) is 48.5. The van der Waals surface area contributed by atoms with Crippen molar-refractivity contribution in [3.8, 4) is 55.6 Å². The molecular weight excluding hydrogens is 1060 g/mol. The highest BCUT2D eigenvalue weighted by atomic mass is 15.2. The van der Waals surface area contributed by atoms with Crippen LogP contribution in [-0.2, 0) is 10.8 Å². The molecule has 2 nitrogen and oxygen atoms in total.